The molecule has 0 aliphatic carbocycles. The first-order valence-electron chi connectivity index (χ1n) is 10.4. The third kappa shape index (κ3) is 8.89. The van der Waals surface area contributed by atoms with Crippen LogP contribution in [0.2, 0.25) is 0 Å². The number of aliphatic imine (C=N–C) groups is 1. The van der Waals surface area contributed by atoms with Crippen molar-refractivity contribution in [3.63, 3.8) is 0 Å². The van der Waals surface area contributed by atoms with Crippen LogP contribution in [0.1, 0.15) is 26.7 Å². The fourth-order valence-electron chi connectivity index (χ4n) is 3.08. The van der Waals surface area contributed by atoms with Crippen molar-refractivity contribution in [2.75, 3.05) is 59.4 Å². The van der Waals surface area contributed by atoms with Gasteiger partial charge in [0, 0.05) is 39.3 Å². The molecule has 158 valence electrons. The fourth-order valence-corrected chi connectivity index (χ4v) is 3.08. The second-order valence-electron chi connectivity index (χ2n) is 7.38. The summed E-state index contributed by atoms with van der Waals surface area (Å²) in [6, 6.07) is 6.08. The van der Waals surface area contributed by atoms with Crippen LogP contribution >= 0.6 is 0 Å². The Bertz CT molecular complexity index is 573. The van der Waals surface area contributed by atoms with Gasteiger partial charge in [0.05, 0.1) is 6.54 Å². The van der Waals surface area contributed by atoms with Crippen molar-refractivity contribution in [3.05, 3.63) is 30.1 Å². The zero-order valence-electron chi connectivity index (χ0n) is 17.6. The van der Waals surface area contributed by atoms with E-state index in [9.17, 15) is 4.39 Å². The van der Waals surface area contributed by atoms with Gasteiger partial charge in [-0.15, -0.1) is 0 Å². The molecule has 1 aliphatic heterocycles. The van der Waals surface area contributed by atoms with Crippen molar-refractivity contribution < 1.29 is 9.13 Å². The lowest BCUT2D eigenvalue weighted by Crippen LogP contribution is -2.44. The molecule has 0 saturated carbocycles. The van der Waals surface area contributed by atoms with Crippen LogP contribution in [0, 0.1) is 5.82 Å². The van der Waals surface area contributed by atoms with Crippen molar-refractivity contribution in [1.82, 2.24) is 20.4 Å². The molecule has 1 unspecified atom stereocenters. The Hall–Kier alpha value is -1.86. The monoisotopic (exact) mass is 393 g/mol. The highest BCUT2D eigenvalue weighted by atomic mass is 19.1. The van der Waals surface area contributed by atoms with E-state index in [0.29, 0.717) is 12.3 Å². The quantitative estimate of drug-likeness (QED) is 0.363. The van der Waals surface area contributed by atoms with Gasteiger partial charge >= 0.3 is 0 Å². The molecular formula is C21H36FN5O. The molecule has 0 aromatic heterocycles. The van der Waals surface area contributed by atoms with Crippen LogP contribution in [0.25, 0.3) is 0 Å². The third-order valence-electron chi connectivity index (χ3n) is 4.79. The molecule has 0 spiro atoms. The van der Waals surface area contributed by atoms with Crippen molar-refractivity contribution in [2.45, 2.75) is 32.8 Å². The number of halogens is 1. The minimum absolute atomic E-state index is 0.0850. The van der Waals surface area contributed by atoms with E-state index < -0.39 is 0 Å². The zero-order chi connectivity index (χ0) is 20.2. The minimum Gasteiger partial charge on any atom is -0.489 e. The van der Waals surface area contributed by atoms with E-state index in [1.54, 1.807) is 12.1 Å². The molecule has 6 nitrogen and oxygen atoms in total. The molecule has 0 amide bonds. The third-order valence-corrected chi connectivity index (χ3v) is 4.79. The largest absolute Gasteiger partial charge is 0.489 e. The number of hydrogen-bond donors (Lipinski definition) is 2. The molecule has 1 saturated heterocycles. The molecular weight excluding hydrogens is 357 g/mol. The van der Waals surface area contributed by atoms with Gasteiger partial charge < -0.3 is 25.2 Å². The number of nitrogens with zero attached hydrogens (tertiary/aromatic N) is 3. The SMILES string of the molecule is CCNC(=NCC(C)Oc1ccc(F)cc1)NCCCCN1CCN(C)CC1. The first kappa shape index (κ1) is 22.4. The summed E-state index contributed by atoms with van der Waals surface area (Å²) in [4.78, 5) is 9.54. The smallest absolute Gasteiger partial charge is 0.191 e. The predicted molar refractivity (Wildman–Crippen MR) is 114 cm³/mol. The summed E-state index contributed by atoms with van der Waals surface area (Å²) in [7, 11) is 2.19. The fraction of sp³-hybridized carbons (Fsp3) is 0.667. The normalized spacial score (nSPS) is 17.4. The topological polar surface area (TPSA) is 52.1 Å². The van der Waals surface area contributed by atoms with E-state index in [-0.39, 0.29) is 11.9 Å². The molecule has 2 rings (SSSR count). The van der Waals surface area contributed by atoms with Gasteiger partial charge in [-0.3, -0.25) is 0 Å². The second-order valence-corrected chi connectivity index (χ2v) is 7.38. The van der Waals surface area contributed by atoms with Crippen LogP contribution in [0.5, 0.6) is 5.75 Å². The van der Waals surface area contributed by atoms with Gasteiger partial charge in [-0.25, -0.2) is 9.38 Å². The van der Waals surface area contributed by atoms with Crippen molar-refractivity contribution in [3.8, 4) is 5.75 Å². The molecule has 0 bridgehead atoms. The van der Waals surface area contributed by atoms with E-state index in [4.69, 9.17) is 4.74 Å². The number of guanidine groups is 1. The van der Waals surface area contributed by atoms with E-state index in [1.807, 2.05) is 6.92 Å². The summed E-state index contributed by atoms with van der Waals surface area (Å²) in [5.74, 6) is 1.21. The van der Waals surface area contributed by atoms with Crippen molar-refractivity contribution in [1.29, 1.82) is 0 Å². The van der Waals surface area contributed by atoms with Gasteiger partial charge in [-0.2, -0.15) is 0 Å². The summed E-state index contributed by atoms with van der Waals surface area (Å²) < 4.78 is 18.7. The van der Waals surface area contributed by atoms with Crippen molar-refractivity contribution in [2.24, 2.45) is 4.99 Å². The molecule has 1 aromatic rings. The van der Waals surface area contributed by atoms with Crippen LogP contribution < -0.4 is 15.4 Å². The minimum atomic E-state index is -0.260. The lowest BCUT2D eigenvalue weighted by atomic mass is 10.2. The van der Waals surface area contributed by atoms with Gasteiger partial charge in [-0.1, -0.05) is 0 Å². The lowest BCUT2D eigenvalue weighted by Gasteiger charge is -2.32. The number of piperazine rings is 1. The van der Waals surface area contributed by atoms with Gasteiger partial charge in [0.1, 0.15) is 17.7 Å². The van der Waals surface area contributed by atoms with Crippen molar-refractivity contribution >= 4 is 5.96 Å². The highest BCUT2D eigenvalue weighted by Gasteiger charge is 2.12. The molecule has 2 N–H and O–H groups in total. The Kier molecular flexibility index (Phi) is 10.1. The Balaban J connectivity index is 1.64. The van der Waals surface area contributed by atoms with Crippen LogP contribution in [-0.4, -0.2) is 81.3 Å². The summed E-state index contributed by atoms with van der Waals surface area (Å²) >= 11 is 0. The summed E-state index contributed by atoms with van der Waals surface area (Å²) in [6.45, 7) is 12.2. The number of unbranched alkanes of at least 4 members (excludes halogenated alkanes) is 1. The van der Waals surface area contributed by atoms with E-state index in [0.717, 1.165) is 25.5 Å². The molecule has 1 aromatic carbocycles. The highest BCUT2D eigenvalue weighted by molar-refractivity contribution is 5.79. The molecule has 1 atom stereocenters. The van der Waals surface area contributed by atoms with Crippen LogP contribution in [0.3, 0.4) is 0 Å². The van der Waals surface area contributed by atoms with Gasteiger partial charge in [0.15, 0.2) is 5.96 Å². The van der Waals surface area contributed by atoms with Gasteiger partial charge in [-0.05, 0) is 64.5 Å². The maximum atomic E-state index is 13.0. The number of likely N-dealkylation sites (N-methyl/N-ethyl adjacent to an activating group) is 1. The maximum Gasteiger partial charge on any atom is 0.191 e. The predicted octanol–water partition coefficient (Wildman–Crippen LogP) is 2.18. The Morgan fingerprint density at radius 3 is 2.54 bits per heavy atom. The van der Waals surface area contributed by atoms with E-state index >= 15 is 0 Å². The van der Waals surface area contributed by atoms with Crippen LogP contribution in [0.15, 0.2) is 29.3 Å². The van der Waals surface area contributed by atoms with E-state index in [2.05, 4.69) is 39.4 Å². The Morgan fingerprint density at radius 2 is 1.86 bits per heavy atom. The summed E-state index contributed by atoms with van der Waals surface area (Å²) in [6.07, 6.45) is 2.23. The molecule has 1 fully saturated rings. The number of ether oxygens (including phenoxy) is 1. The molecule has 1 heterocycles. The van der Waals surface area contributed by atoms with Gasteiger partial charge in [0.2, 0.25) is 0 Å². The Labute approximate surface area is 169 Å². The van der Waals surface area contributed by atoms with Gasteiger partial charge in [0.25, 0.3) is 0 Å². The molecule has 1 aliphatic rings. The standard InChI is InChI=1S/C21H36FN5O/c1-4-23-21(24-11-5-6-12-27-15-13-26(3)14-16-27)25-17-18(2)28-20-9-7-19(22)8-10-20/h7-10,18H,4-6,11-17H2,1-3H3,(H2,23,24,25). The summed E-state index contributed by atoms with van der Waals surface area (Å²) in [5, 5.41) is 6.67. The second kappa shape index (κ2) is 12.6. The van der Waals surface area contributed by atoms with E-state index in [1.165, 1.54) is 51.3 Å². The lowest BCUT2D eigenvalue weighted by molar-refractivity contribution is 0.152. The summed E-state index contributed by atoms with van der Waals surface area (Å²) in [5.41, 5.74) is 0. The average molecular weight is 394 g/mol. The molecule has 0 radical (unpaired) electrons. The zero-order valence-corrected chi connectivity index (χ0v) is 17.6. The average Bonchev–Trinajstić information content (AvgIpc) is 2.69. The molecule has 7 heteroatoms. The molecule has 28 heavy (non-hydrogen) atoms. The number of rotatable bonds is 10. The number of benzene rings is 1. The first-order valence-corrected chi connectivity index (χ1v) is 10.4. The first-order chi connectivity index (χ1) is 13.6. The Morgan fingerprint density at radius 1 is 1.14 bits per heavy atom. The highest BCUT2D eigenvalue weighted by Crippen LogP contribution is 2.13. The van der Waals surface area contributed by atoms with Crippen LogP contribution in [-0.2, 0) is 0 Å². The number of nitrogens with one attached hydrogen (secondary N) is 2. The number of hydrogen-bond acceptors (Lipinski definition) is 4. The van der Waals surface area contributed by atoms with Crippen LogP contribution in [0.4, 0.5) is 4.39 Å². The maximum absolute atomic E-state index is 13.0.